The third kappa shape index (κ3) is 3.34. The second kappa shape index (κ2) is 5.87. The third-order valence-corrected chi connectivity index (χ3v) is 6.82. The minimum atomic E-state index is -3.47. The molecule has 1 aromatic heterocycles. The van der Waals surface area contributed by atoms with Crippen LogP contribution in [-0.2, 0) is 10.0 Å². The van der Waals surface area contributed by atoms with E-state index in [2.05, 4.69) is 0 Å². The van der Waals surface area contributed by atoms with Crippen molar-refractivity contribution in [2.75, 3.05) is 6.54 Å². The Morgan fingerprint density at radius 3 is 2.58 bits per heavy atom. The first-order chi connectivity index (χ1) is 8.91. The highest BCUT2D eigenvalue weighted by molar-refractivity contribution is 7.91. The predicted octanol–water partition coefficient (Wildman–Crippen LogP) is 2.28. The summed E-state index contributed by atoms with van der Waals surface area (Å²) < 4.78 is 27.3. The fourth-order valence-electron chi connectivity index (χ4n) is 2.42. The van der Waals surface area contributed by atoms with E-state index in [1.165, 1.54) is 15.6 Å². The first-order valence-electron chi connectivity index (χ1n) is 6.28. The highest BCUT2D eigenvalue weighted by Gasteiger charge is 2.34. The average molecular weight is 318 g/mol. The molecule has 0 bridgehead atoms. The molecule has 0 aromatic carbocycles. The number of hydrogen-bond donors (Lipinski definition) is 1. The number of thiophene rings is 1. The third-order valence-electron chi connectivity index (χ3n) is 3.32. The van der Waals surface area contributed by atoms with Crippen LogP contribution >= 0.6 is 23.6 Å². The van der Waals surface area contributed by atoms with E-state index >= 15 is 0 Å². The van der Waals surface area contributed by atoms with Crippen LogP contribution in [0.1, 0.15) is 30.6 Å². The number of nitrogens with zero attached hydrogens (tertiary/aromatic N) is 1. The summed E-state index contributed by atoms with van der Waals surface area (Å²) in [5.74, 6) is 0. The monoisotopic (exact) mass is 318 g/mol. The summed E-state index contributed by atoms with van der Waals surface area (Å²) in [6.07, 6.45) is 3.92. The van der Waals surface area contributed by atoms with Crippen molar-refractivity contribution in [3.8, 4) is 0 Å². The Bertz CT molecular complexity index is 559. The Hall–Kier alpha value is -0.500. The van der Waals surface area contributed by atoms with Gasteiger partial charge in [0, 0.05) is 10.9 Å². The molecular formula is C12H18N2O2S3. The van der Waals surface area contributed by atoms with Crippen molar-refractivity contribution in [2.45, 2.75) is 42.9 Å². The second-order valence-electron chi connectivity index (χ2n) is 4.82. The van der Waals surface area contributed by atoms with Gasteiger partial charge in [0.25, 0.3) is 10.0 Å². The van der Waals surface area contributed by atoms with E-state index < -0.39 is 10.0 Å². The first-order valence-corrected chi connectivity index (χ1v) is 8.94. The lowest BCUT2D eigenvalue weighted by atomic mass is 10.2. The number of rotatable bonds is 5. The van der Waals surface area contributed by atoms with E-state index in [1.54, 1.807) is 6.07 Å². The molecule has 1 aliphatic rings. The molecule has 0 aliphatic heterocycles. The van der Waals surface area contributed by atoms with Gasteiger partial charge in [-0.05, 0) is 31.9 Å². The zero-order chi connectivity index (χ0) is 14.0. The van der Waals surface area contributed by atoms with Crippen molar-refractivity contribution in [3.63, 3.8) is 0 Å². The van der Waals surface area contributed by atoms with Gasteiger partial charge in [-0.3, -0.25) is 0 Å². The van der Waals surface area contributed by atoms with Crippen LogP contribution in [0.15, 0.2) is 16.3 Å². The normalized spacial score (nSPS) is 17.2. The molecule has 19 heavy (non-hydrogen) atoms. The molecular weight excluding hydrogens is 300 g/mol. The first kappa shape index (κ1) is 14.9. The lowest BCUT2D eigenvalue weighted by Crippen LogP contribution is -2.43. The largest absolute Gasteiger partial charge is 0.392 e. The van der Waals surface area contributed by atoms with Gasteiger partial charge in [0.1, 0.15) is 4.21 Å². The summed E-state index contributed by atoms with van der Waals surface area (Å²) in [5.41, 5.74) is 5.57. The molecule has 1 fully saturated rings. The van der Waals surface area contributed by atoms with Crippen LogP contribution in [0.2, 0.25) is 0 Å². The molecule has 1 aliphatic carbocycles. The Kier molecular flexibility index (Phi) is 4.60. The number of thiocarbonyl (C=S) groups is 1. The van der Waals surface area contributed by atoms with Crippen LogP contribution in [-0.4, -0.2) is 30.3 Å². The average Bonchev–Trinajstić information content (AvgIpc) is 2.96. The molecule has 0 amide bonds. The molecule has 0 radical (unpaired) electrons. The molecule has 1 saturated carbocycles. The number of hydrogen-bond acceptors (Lipinski definition) is 4. The van der Waals surface area contributed by atoms with Crippen LogP contribution in [0, 0.1) is 6.92 Å². The molecule has 0 atom stereocenters. The quantitative estimate of drug-likeness (QED) is 0.846. The van der Waals surface area contributed by atoms with Gasteiger partial charge < -0.3 is 5.73 Å². The maximum atomic E-state index is 12.7. The van der Waals surface area contributed by atoms with Crippen LogP contribution < -0.4 is 5.73 Å². The molecule has 7 heteroatoms. The van der Waals surface area contributed by atoms with Crippen molar-refractivity contribution < 1.29 is 8.42 Å². The summed E-state index contributed by atoms with van der Waals surface area (Å²) in [4.78, 5) is 1.21. The fraction of sp³-hybridized carbons (Fsp3) is 0.583. The Balaban J connectivity index is 2.33. The van der Waals surface area contributed by atoms with Gasteiger partial charge in [0.05, 0.1) is 11.5 Å². The number of nitrogens with two attached hydrogens (primary N) is 1. The minimum absolute atomic E-state index is 0.0360. The highest BCUT2D eigenvalue weighted by Crippen LogP contribution is 2.31. The van der Waals surface area contributed by atoms with Gasteiger partial charge in [0.15, 0.2) is 0 Å². The van der Waals surface area contributed by atoms with Crippen molar-refractivity contribution >= 4 is 38.6 Å². The summed E-state index contributed by atoms with van der Waals surface area (Å²) in [6, 6.07) is 3.52. The lowest BCUT2D eigenvalue weighted by molar-refractivity contribution is 0.356. The van der Waals surface area contributed by atoms with Gasteiger partial charge in [-0.25, -0.2) is 8.42 Å². The molecule has 4 nitrogen and oxygen atoms in total. The molecule has 2 N–H and O–H groups in total. The van der Waals surface area contributed by atoms with Gasteiger partial charge in [0.2, 0.25) is 0 Å². The van der Waals surface area contributed by atoms with Crippen molar-refractivity contribution in [2.24, 2.45) is 5.73 Å². The topological polar surface area (TPSA) is 63.4 Å². The van der Waals surface area contributed by atoms with Crippen molar-refractivity contribution in [1.82, 2.24) is 4.31 Å². The number of sulfonamides is 1. The SMILES string of the molecule is Cc1ccc(S(=O)(=O)N(CC(N)=S)C2CCCC2)s1. The Morgan fingerprint density at radius 2 is 2.11 bits per heavy atom. The van der Waals surface area contributed by atoms with Gasteiger partial charge in [-0.15, -0.1) is 11.3 Å². The van der Waals surface area contributed by atoms with Crippen molar-refractivity contribution in [1.29, 1.82) is 0 Å². The van der Waals surface area contributed by atoms with E-state index in [9.17, 15) is 8.42 Å². The van der Waals surface area contributed by atoms with Crippen LogP contribution in [0.5, 0.6) is 0 Å². The summed E-state index contributed by atoms with van der Waals surface area (Å²) in [5, 5.41) is 0. The molecule has 106 valence electrons. The van der Waals surface area contributed by atoms with E-state index in [-0.39, 0.29) is 17.6 Å². The fourth-order valence-corrected chi connectivity index (χ4v) is 5.72. The van der Waals surface area contributed by atoms with Crippen molar-refractivity contribution in [3.05, 3.63) is 17.0 Å². The molecule has 0 saturated heterocycles. The summed E-state index contributed by atoms with van der Waals surface area (Å²) in [6.45, 7) is 2.04. The Morgan fingerprint density at radius 1 is 1.47 bits per heavy atom. The summed E-state index contributed by atoms with van der Waals surface area (Å²) >= 11 is 6.20. The predicted molar refractivity (Wildman–Crippen MR) is 82.0 cm³/mol. The van der Waals surface area contributed by atoms with Crippen LogP contribution in [0.25, 0.3) is 0 Å². The maximum absolute atomic E-state index is 12.7. The lowest BCUT2D eigenvalue weighted by Gasteiger charge is -2.26. The highest BCUT2D eigenvalue weighted by atomic mass is 32.2. The molecule has 0 spiro atoms. The van der Waals surface area contributed by atoms with Crippen LogP contribution in [0.3, 0.4) is 0 Å². The van der Waals surface area contributed by atoms with Gasteiger partial charge in [-0.2, -0.15) is 4.31 Å². The zero-order valence-electron chi connectivity index (χ0n) is 10.8. The second-order valence-corrected chi connectivity index (χ2v) is 8.75. The molecule has 1 aromatic rings. The zero-order valence-corrected chi connectivity index (χ0v) is 13.3. The molecule has 2 rings (SSSR count). The van der Waals surface area contributed by atoms with Crippen LogP contribution in [0.4, 0.5) is 0 Å². The molecule has 0 unspecified atom stereocenters. The van der Waals surface area contributed by atoms with Gasteiger partial charge in [-0.1, -0.05) is 25.1 Å². The Labute approximate surface area is 123 Å². The van der Waals surface area contributed by atoms with E-state index in [0.29, 0.717) is 4.21 Å². The van der Waals surface area contributed by atoms with E-state index in [4.69, 9.17) is 18.0 Å². The van der Waals surface area contributed by atoms with E-state index in [0.717, 1.165) is 30.6 Å². The number of aryl methyl sites for hydroxylation is 1. The smallest absolute Gasteiger partial charge is 0.253 e. The molecule has 1 heterocycles. The van der Waals surface area contributed by atoms with Gasteiger partial charge >= 0.3 is 0 Å². The maximum Gasteiger partial charge on any atom is 0.253 e. The summed E-state index contributed by atoms with van der Waals surface area (Å²) in [7, 11) is -3.47. The standard InChI is InChI=1S/C12H18N2O2S3/c1-9-6-7-12(18-9)19(15,16)14(8-11(13)17)10-4-2-3-5-10/h6-7,10H,2-5,8H2,1H3,(H2,13,17). The van der Waals surface area contributed by atoms with E-state index in [1.807, 2.05) is 13.0 Å². The minimum Gasteiger partial charge on any atom is -0.392 e.